The molecule has 0 saturated heterocycles. The first-order valence-corrected chi connectivity index (χ1v) is 9.55. The summed E-state index contributed by atoms with van der Waals surface area (Å²) in [6, 6.07) is -3.41. The van der Waals surface area contributed by atoms with Gasteiger partial charge >= 0.3 is 5.97 Å². The van der Waals surface area contributed by atoms with E-state index in [1.165, 1.54) is 0 Å². The van der Waals surface area contributed by atoms with Crippen LogP contribution in [0.5, 0.6) is 0 Å². The zero-order chi connectivity index (χ0) is 23.3. The van der Waals surface area contributed by atoms with Crippen molar-refractivity contribution in [2.45, 2.75) is 51.2 Å². The maximum Gasteiger partial charge on any atom is 0.326 e. The van der Waals surface area contributed by atoms with Gasteiger partial charge in [0.05, 0.1) is 19.2 Å². The molecule has 0 aliphatic rings. The number of aliphatic imine (C=N–C) groups is 1. The summed E-state index contributed by atoms with van der Waals surface area (Å²) < 4.78 is 0. The van der Waals surface area contributed by atoms with Gasteiger partial charge in [0.1, 0.15) is 12.1 Å². The van der Waals surface area contributed by atoms with Gasteiger partial charge in [-0.15, -0.1) is 0 Å². The van der Waals surface area contributed by atoms with E-state index in [1.54, 1.807) is 13.8 Å². The van der Waals surface area contributed by atoms with Crippen LogP contribution in [0.2, 0.25) is 0 Å². The predicted octanol–water partition coefficient (Wildman–Crippen LogP) is -3.42. The molecular formula is C17H33N7O6. The Hall–Kier alpha value is -2.93. The van der Waals surface area contributed by atoms with Crippen LogP contribution in [0.15, 0.2) is 4.99 Å². The maximum atomic E-state index is 12.2. The number of amides is 3. The number of aliphatic hydroxyl groups is 1. The number of carbonyl (C=O) groups excluding carboxylic acids is 3. The minimum atomic E-state index is -1.37. The lowest BCUT2D eigenvalue weighted by Crippen LogP contribution is -2.56. The van der Waals surface area contributed by atoms with E-state index in [-0.39, 0.29) is 18.3 Å². The van der Waals surface area contributed by atoms with Crippen molar-refractivity contribution in [1.29, 1.82) is 0 Å². The van der Waals surface area contributed by atoms with Crippen LogP contribution < -0.4 is 33.2 Å². The quantitative estimate of drug-likeness (QED) is 0.0775. The van der Waals surface area contributed by atoms with Gasteiger partial charge in [0.15, 0.2) is 5.96 Å². The molecule has 0 heterocycles. The Labute approximate surface area is 174 Å². The van der Waals surface area contributed by atoms with Gasteiger partial charge in [-0.05, 0) is 18.8 Å². The molecule has 3 amide bonds. The number of nitrogens with zero attached hydrogens (tertiary/aromatic N) is 1. The second kappa shape index (κ2) is 14.1. The van der Waals surface area contributed by atoms with Crippen molar-refractivity contribution in [3.63, 3.8) is 0 Å². The lowest BCUT2D eigenvalue weighted by Gasteiger charge is -2.23. The summed E-state index contributed by atoms with van der Waals surface area (Å²) in [4.78, 5) is 51.1. The van der Waals surface area contributed by atoms with E-state index in [9.17, 15) is 29.4 Å². The Kier molecular flexibility index (Phi) is 12.7. The van der Waals surface area contributed by atoms with E-state index in [2.05, 4.69) is 20.9 Å². The molecule has 0 radical (unpaired) electrons. The third kappa shape index (κ3) is 10.6. The molecule has 0 aromatic heterocycles. The van der Waals surface area contributed by atoms with Crippen LogP contribution in [0.4, 0.5) is 0 Å². The number of carboxylic acid groups (broad SMARTS) is 1. The zero-order valence-electron chi connectivity index (χ0n) is 17.3. The normalized spacial score (nSPS) is 14.5. The first-order valence-electron chi connectivity index (χ1n) is 9.55. The Balaban J connectivity index is 4.54. The van der Waals surface area contributed by atoms with Gasteiger partial charge in [-0.25, -0.2) is 4.79 Å². The molecule has 0 aromatic rings. The Morgan fingerprint density at radius 2 is 1.73 bits per heavy atom. The van der Waals surface area contributed by atoms with Gasteiger partial charge < -0.3 is 43.4 Å². The summed E-state index contributed by atoms with van der Waals surface area (Å²) in [5.41, 5.74) is 16.1. The van der Waals surface area contributed by atoms with Crippen LogP contribution in [-0.4, -0.2) is 77.7 Å². The number of nitrogens with two attached hydrogens (primary N) is 3. The average molecular weight is 431 g/mol. The molecule has 0 fully saturated rings. The summed E-state index contributed by atoms with van der Waals surface area (Å²) in [5.74, 6) is -3.81. The Morgan fingerprint density at radius 3 is 2.23 bits per heavy atom. The number of guanidine groups is 1. The van der Waals surface area contributed by atoms with E-state index in [1.807, 2.05) is 0 Å². The minimum Gasteiger partial charge on any atom is -0.480 e. The highest BCUT2D eigenvalue weighted by atomic mass is 16.4. The summed E-state index contributed by atoms with van der Waals surface area (Å²) >= 11 is 0. The second-order valence-electron chi connectivity index (χ2n) is 6.79. The van der Waals surface area contributed by atoms with E-state index < -0.39 is 55.0 Å². The number of rotatable bonds is 14. The van der Waals surface area contributed by atoms with E-state index in [0.717, 1.165) is 0 Å². The first kappa shape index (κ1) is 27.1. The van der Waals surface area contributed by atoms with E-state index in [4.69, 9.17) is 17.2 Å². The summed E-state index contributed by atoms with van der Waals surface area (Å²) in [5, 5.41) is 25.4. The second-order valence-corrected chi connectivity index (χ2v) is 6.79. The molecule has 0 spiro atoms. The van der Waals surface area contributed by atoms with Crippen molar-refractivity contribution in [3.8, 4) is 0 Å². The van der Waals surface area contributed by atoms with Crippen LogP contribution in [0.1, 0.15) is 33.1 Å². The Bertz CT molecular complexity index is 624. The van der Waals surface area contributed by atoms with Crippen molar-refractivity contribution in [2.24, 2.45) is 28.1 Å². The summed E-state index contributed by atoms with van der Waals surface area (Å²) in [6.45, 7) is 2.51. The fourth-order valence-electron chi connectivity index (χ4n) is 2.33. The molecule has 0 bridgehead atoms. The predicted molar refractivity (Wildman–Crippen MR) is 109 cm³/mol. The Morgan fingerprint density at radius 1 is 1.10 bits per heavy atom. The van der Waals surface area contributed by atoms with Crippen molar-refractivity contribution >= 4 is 29.7 Å². The van der Waals surface area contributed by atoms with Crippen LogP contribution in [0.25, 0.3) is 0 Å². The molecule has 0 aliphatic heterocycles. The van der Waals surface area contributed by atoms with Crippen LogP contribution in [0, 0.1) is 5.92 Å². The molecule has 13 heteroatoms. The highest BCUT2D eigenvalue weighted by Crippen LogP contribution is 2.08. The zero-order valence-corrected chi connectivity index (χ0v) is 17.3. The lowest BCUT2D eigenvalue weighted by atomic mass is 9.99. The highest BCUT2D eigenvalue weighted by Gasteiger charge is 2.29. The van der Waals surface area contributed by atoms with E-state index >= 15 is 0 Å². The van der Waals surface area contributed by atoms with Gasteiger partial charge in [-0.1, -0.05) is 20.3 Å². The molecule has 13 nitrogen and oxygen atoms in total. The standard InChI is InChI=1S/C17H33N7O6/c1-3-9(2)13(16(29)30)24-15(28)11(8-25)23-12(26)7-22-14(27)10(18)5-4-6-21-17(19)20/h9-11,13,25H,3-8,18H2,1-2H3,(H,22,27)(H,23,26)(H,24,28)(H,29,30)(H4,19,20,21). The summed E-state index contributed by atoms with van der Waals surface area (Å²) in [6.07, 6.45) is 1.26. The monoisotopic (exact) mass is 431 g/mol. The van der Waals surface area contributed by atoms with Crippen LogP contribution in [0.3, 0.4) is 0 Å². The summed E-state index contributed by atoms with van der Waals surface area (Å²) in [7, 11) is 0. The largest absolute Gasteiger partial charge is 0.480 e. The number of carbonyl (C=O) groups is 4. The van der Waals surface area contributed by atoms with Crippen molar-refractivity contribution < 1.29 is 29.4 Å². The van der Waals surface area contributed by atoms with Crippen molar-refractivity contribution in [1.82, 2.24) is 16.0 Å². The van der Waals surface area contributed by atoms with Gasteiger partial charge in [0.25, 0.3) is 0 Å². The lowest BCUT2D eigenvalue weighted by molar-refractivity contribution is -0.144. The molecule has 30 heavy (non-hydrogen) atoms. The van der Waals surface area contributed by atoms with Crippen LogP contribution >= 0.6 is 0 Å². The first-order chi connectivity index (χ1) is 14.0. The molecule has 11 N–H and O–H groups in total. The molecule has 0 aliphatic carbocycles. The van der Waals surface area contributed by atoms with Crippen molar-refractivity contribution in [2.75, 3.05) is 19.7 Å². The number of hydrogen-bond acceptors (Lipinski definition) is 7. The number of hydrogen-bond donors (Lipinski definition) is 8. The number of aliphatic carboxylic acids is 1. The smallest absolute Gasteiger partial charge is 0.326 e. The fourth-order valence-corrected chi connectivity index (χ4v) is 2.33. The molecular weight excluding hydrogens is 398 g/mol. The molecule has 4 atom stereocenters. The molecule has 0 saturated carbocycles. The molecule has 4 unspecified atom stereocenters. The van der Waals surface area contributed by atoms with Gasteiger partial charge in [0.2, 0.25) is 17.7 Å². The van der Waals surface area contributed by atoms with E-state index in [0.29, 0.717) is 19.4 Å². The maximum absolute atomic E-state index is 12.2. The van der Waals surface area contributed by atoms with Gasteiger partial charge in [-0.3, -0.25) is 19.4 Å². The van der Waals surface area contributed by atoms with Crippen LogP contribution in [-0.2, 0) is 19.2 Å². The third-order valence-corrected chi connectivity index (χ3v) is 4.34. The SMILES string of the molecule is CCC(C)C(NC(=O)C(CO)NC(=O)CNC(=O)C(N)CCCN=C(N)N)C(=O)O. The highest BCUT2D eigenvalue weighted by molar-refractivity contribution is 5.92. The fraction of sp³-hybridized carbons (Fsp3) is 0.706. The molecule has 0 rings (SSSR count). The molecule has 172 valence electrons. The minimum absolute atomic E-state index is 0.0639. The molecule has 0 aromatic carbocycles. The number of aliphatic hydroxyl groups excluding tert-OH is 1. The number of nitrogens with one attached hydrogen (secondary N) is 3. The topological polar surface area (TPSA) is 235 Å². The third-order valence-electron chi connectivity index (χ3n) is 4.34. The van der Waals surface area contributed by atoms with Gasteiger partial charge in [0, 0.05) is 6.54 Å². The number of carboxylic acids is 1. The van der Waals surface area contributed by atoms with Crippen molar-refractivity contribution in [3.05, 3.63) is 0 Å². The average Bonchev–Trinajstić information content (AvgIpc) is 2.69. The van der Waals surface area contributed by atoms with Gasteiger partial charge in [-0.2, -0.15) is 0 Å².